The summed E-state index contributed by atoms with van der Waals surface area (Å²) < 4.78 is 10.4. The molecule has 19 heavy (non-hydrogen) atoms. The van der Waals surface area contributed by atoms with Crippen LogP contribution in [-0.2, 0) is 15.3 Å². The summed E-state index contributed by atoms with van der Waals surface area (Å²) >= 11 is 1.50. The lowest BCUT2D eigenvalue weighted by Crippen LogP contribution is -2.34. The number of oxazole rings is 1. The van der Waals surface area contributed by atoms with Gasteiger partial charge in [-0.3, -0.25) is 4.79 Å². The summed E-state index contributed by atoms with van der Waals surface area (Å²) in [4.78, 5) is 15.7. The number of ether oxygens (including phenoxy) is 1. The van der Waals surface area contributed by atoms with Gasteiger partial charge >= 0.3 is 5.97 Å². The molecule has 1 unspecified atom stereocenters. The van der Waals surface area contributed by atoms with Crippen molar-refractivity contribution >= 4 is 28.8 Å². The monoisotopic (exact) mass is 280 g/mol. The van der Waals surface area contributed by atoms with Gasteiger partial charge in [0, 0.05) is 5.75 Å². The first-order valence-electron chi connectivity index (χ1n) is 6.05. The molecule has 0 amide bonds. The molecular formula is C13H16N2O3S. The molecule has 0 fully saturated rings. The fourth-order valence-electron chi connectivity index (χ4n) is 1.57. The van der Waals surface area contributed by atoms with Gasteiger partial charge in [0.25, 0.3) is 0 Å². The van der Waals surface area contributed by atoms with Gasteiger partial charge in [-0.05, 0) is 19.1 Å². The van der Waals surface area contributed by atoms with E-state index < -0.39 is 6.04 Å². The van der Waals surface area contributed by atoms with Gasteiger partial charge in [-0.2, -0.15) is 0 Å². The number of nitrogens with two attached hydrogens (primary N) is 1. The molecule has 0 aliphatic heterocycles. The minimum Gasteiger partial charge on any atom is -0.465 e. The standard InChI is InChI=1S/C13H16N2O3S/c1-2-17-13(16)9(14)7-19-8-12-15-10-5-3-4-6-11(10)18-12/h3-6,9H,2,7-8,14H2,1H3. The Morgan fingerprint density at radius 2 is 2.32 bits per heavy atom. The Kier molecular flexibility index (Phi) is 4.81. The molecule has 1 aromatic heterocycles. The number of benzene rings is 1. The second kappa shape index (κ2) is 6.58. The highest BCUT2D eigenvalue weighted by molar-refractivity contribution is 7.98. The molecule has 1 aromatic carbocycles. The maximum atomic E-state index is 11.3. The first-order valence-corrected chi connectivity index (χ1v) is 7.20. The summed E-state index contributed by atoms with van der Waals surface area (Å²) in [6.07, 6.45) is 0. The summed E-state index contributed by atoms with van der Waals surface area (Å²) in [6.45, 7) is 2.11. The summed E-state index contributed by atoms with van der Waals surface area (Å²) in [7, 11) is 0. The highest BCUT2D eigenvalue weighted by Crippen LogP contribution is 2.19. The van der Waals surface area contributed by atoms with Gasteiger partial charge in [-0.25, -0.2) is 4.98 Å². The molecule has 2 N–H and O–H groups in total. The number of rotatable bonds is 6. The smallest absolute Gasteiger partial charge is 0.323 e. The molecule has 0 radical (unpaired) electrons. The molecule has 0 saturated heterocycles. The van der Waals surface area contributed by atoms with Gasteiger partial charge < -0.3 is 14.9 Å². The second-order valence-corrected chi connectivity index (χ2v) is 4.98. The van der Waals surface area contributed by atoms with Gasteiger partial charge in [0.05, 0.1) is 12.4 Å². The van der Waals surface area contributed by atoms with Crippen molar-refractivity contribution in [1.82, 2.24) is 4.98 Å². The van der Waals surface area contributed by atoms with Crippen molar-refractivity contribution in [1.29, 1.82) is 0 Å². The average Bonchev–Trinajstić information content (AvgIpc) is 2.81. The highest BCUT2D eigenvalue weighted by atomic mass is 32.2. The molecule has 5 nitrogen and oxygen atoms in total. The van der Waals surface area contributed by atoms with Crippen LogP contribution in [0.25, 0.3) is 11.1 Å². The topological polar surface area (TPSA) is 78.4 Å². The third-order valence-electron chi connectivity index (χ3n) is 2.45. The van der Waals surface area contributed by atoms with Crippen molar-refractivity contribution in [3.05, 3.63) is 30.2 Å². The number of hydrogen-bond donors (Lipinski definition) is 1. The summed E-state index contributed by atoms with van der Waals surface area (Å²) in [5, 5.41) is 0. The molecule has 2 rings (SSSR count). The van der Waals surface area contributed by atoms with Crippen LogP contribution in [0.3, 0.4) is 0 Å². The molecule has 0 spiro atoms. The largest absolute Gasteiger partial charge is 0.465 e. The zero-order chi connectivity index (χ0) is 13.7. The number of fused-ring (bicyclic) bond motifs is 1. The van der Waals surface area contributed by atoms with E-state index >= 15 is 0 Å². The zero-order valence-electron chi connectivity index (χ0n) is 10.7. The van der Waals surface area contributed by atoms with E-state index in [0.29, 0.717) is 24.0 Å². The van der Waals surface area contributed by atoms with E-state index in [1.165, 1.54) is 11.8 Å². The molecule has 6 heteroatoms. The number of carbonyl (C=O) groups excluding carboxylic acids is 1. The molecule has 0 saturated carbocycles. The van der Waals surface area contributed by atoms with E-state index in [1.54, 1.807) is 6.92 Å². The van der Waals surface area contributed by atoms with E-state index in [-0.39, 0.29) is 5.97 Å². The summed E-state index contributed by atoms with van der Waals surface area (Å²) in [5.74, 6) is 1.34. The van der Waals surface area contributed by atoms with Crippen molar-refractivity contribution in [2.45, 2.75) is 18.7 Å². The number of carbonyl (C=O) groups is 1. The van der Waals surface area contributed by atoms with Crippen LogP contribution in [0.15, 0.2) is 28.7 Å². The summed E-state index contributed by atoms with van der Waals surface area (Å²) in [5.41, 5.74) is 7.31. The molecule has 102 valence electrons. The maximum absolute atomic E-state index is 11.3. The second-order valence-electron chi connectivity index (χ2n) is 3.95. The van der Waals surface area contributed by atoms with Gasteiger partial charge in [0.15, 0.2) is 5.58 Å². The van der Waals surface area contributed by atoms with Crippen LogP contribution >= 0.6 is 11.8 Å². The average molecular weight is 280 g/mol. The molecule has 0 aliphatic rings. The zero-order valence-corrected chi connectivity index (χ0v) is 11.5. The normalized spacial score (nSPS) is 12.5. The minimum atomic E-state index is -0.602. The summed E-state index contributed by atoms with van der Waals surface area (Å²) in [6, 6.07) is 6.99. The Balaban J connectivity index is 1.84. The lowest BCUT2D eigenvalue weighted by molar-refractivity contribution is -0.144. The minimum absolute atomic E-state index is 0.350. The number of thioether (sulfide) groups is 1. The fourth-order valence-corrected chi connectivity index (χ4v) is 2.38. The van der Waals surface area contributed by atoms with Crippen LogP contribution in [0.1, 0.15) is 12.8 Å². The van der Waals surface area contributed by atoms with Crippen LogP contribution in [0, 0.1) is 0 Å². The third kappa shape index (κ3) is 3.71. The molecule has 2 aromatic rings. The Labute approximate surface area is 115 Å². The quantitative estimate of drug-likeness (QED) is 0.815. The number of aromatic nitrogens is 1. The van der Waals surface area contributed by atoms with E-state index in [1.807, 2.05) is 24.3 Å². The Morgan fingerprint density at radius 1 is 1.53 bits per heavy atom. The van der Waals surface area contributed by atoms with Crippen LogP contribution < -0.4 is 5.73 Å². The number of hydrogen-bond acceptors (Lipinski definition) is 6. The lowest BCUT2D eigenvalue weighted by Gasteiger charge is -2.08. The van der Waals surface area contributed by atoms with E-state index in [0.717, 1.165) is 11.1 Å². The van der Waals surface area contributed by atoms with Crippen molar-refractivity contribution < 1.29 is 13.9 Å². The van der Waals surface area contributed by atoms with Crippen molar-refractivity contribution in [2.24, 2.45) is 5.73 Å². The van der Waals surface area contributed by atoms with Crippen molar-refractivity contribution in [3.8, 4) is 0 Å². The third-order valence-corrected chi connectivity index (χ3v) is 3.50. The SMILES string of the molecule is CCOC(=O)C(N)CSCc1nc2ccccc2o1. The van der Waals surface area contributed by atoms with Gasteiger partial charge in [-0.15, -0.1) is 11.8 Å². The Hall–Kier alpha value is -1.53. The van der Waals surface area contributed by atoms with Crippen molar-refractivity contribution in [3.63, 3.8) is 0 Å². The van der Waals surface area contributed by atoms with Crippen LogP contribution in [0.4, 0.5) is 0 Å². The first kappa shape index (κ1) is 13.9. The number of nitrogens with zero attached hydrogens (tertiary/aromatic N) is 1. The van der Waals surface area contributed by atoms with Gasteiger partial charge in [0.2, 0.25) is 5.89 Å². The Bertz CT molecular complexity index is 523. The molecular weight excluding hydrogens is 264 g/mol. The van der Waals surface area contributed by atoms with E-state index in [2.05, 4.69) is 4.98 Å². The highest BCUT2D eigenvalue weighted by Gasteiger charge is 2.15. The molecule has 1 heterocycles. The molecule has 0 bridgehead atoms. The number of para-hydroxylation sites is 2. The van der Waals surface area contributed by atoms with Crippen LogP contribution in [0.2, 0.25) is 0 Å². The van der Waals surface area contributed by atoms with Gasteiger partial charge in [0.1, 0.15) is 11.6 Å². The molecule has 1 atom stereocenters. The predicted molar refractivity (Wildman–Crippen MR) is 74.8 cm³/mol. The lowest BCUT2D eigenvalue weighted by atomic mass is 10.3. The van der Waals surface area contributed by atoms with Crippen molar-refractivity contribution in [2.75, 3.05) is 12.4 Å². The van der Waals surface area contributed by atoms with Crippen LogP contribution in [-0.4, -0.2) is 29.4 Å². The van der Waals surface area contributed by atoms with Crippen LogP contribution in [0.5, 0.6) is 0 Å². The first-order chi connectivity index (χ1) is 9.20. The fraction of sp³-hybridized carbons (Fsp3) is 0.385. The van der Waals surface area contributed by atoms with E-state index in [4.69, 9.17) is 14.9 Å². The maximum Gasteiger partial charge on any atom is 0.323 e. The molecule has 0 aliphatic carbocycles. The van der Waals surface area contributed by atoms with Gasteiger partial charge in [-0.1, -0.05) is 12.1 Å². The number of esters is 1. The van der Waals surface area contributed by atoms with E-state index in [9.17, 15) is 4.79 Å². The Morgan fingerprint density at radius 3 is 3.05 bits per heavy atom. The predicted octanol–water partition coefficient (Wildman–Crippen LogP) is 1.95.